The first-order chi connectivity index (χ1) is 8.24. The average Bonchev–Trinajstić information content (AvgIpc) is 2.95. The van der Waals surface area contributed by atoms with Crippen molar-refractivity contribution in [1.82, 2.24) is 5.32 Å². The summed E-state index contributed by atoms with van der Waals surface area (Å²) in [6, 6.07) is 7.96. The molecule has 1 unspecified atom stereocenters. The fourth-order valence-electron chi connectivity index (χ4n) is 1.64. The van der Waals surface area contributed by atoms with Crippen LogP contribution in [0, 0.1) is 0 Å². The average molecular weight is 254 g/mol. The molecular weight excluding hydrogens is 238 g/mol. The molecule has 0 aromatic carbocycles. The number of hydrogen-bond acceptors (Lipinski definition) is 3. The molecular formula is C13H16ClNO2. The van der Waals surface area contributed by atoms with Gasteiger partial charge in [0, 0.05) is 12.5 Å². The zero-order valence-corrected chi connectivity index (χ0v) is 10.5. The topological polar surface area (TPSA) is 38.3 Å². The fourth-order valence-corrected chi connectivity index (χ4v) is 1.80. The van der Waals surface area contributed by atoms with E-state index in [0.29, 0.717) is 17.8 Å². The van der Waals surface area contributed by atoms with Gasteiger partial charge in [0.05, 0.1) is 12.8 Å². The number of furan rings is 2. The lowest BCUT2D eigenvalue weighted by Crippen LogP contribution is -2.25. The van der Waals surface area contributed by atoms with Gasteiger partial charge < -0.3 is 14.2 Å². The standard InChI is InChI=1S/C13H16ClNO2/c1-10(4-5-11-3-2-8-16-11)15-9-12-6-7-13(14)17-12/h2-3,6-8,10,15H,4-5,9H2,1H3. The maximum Gasteiger partial charge on any atom is 0.193 e. The summed E-state index contributed by atoms with van der Waals surface area (Å²) in [6.45, 7) is 2.85. The SMILES string of the molecule is CC(CCc1ccco1)NCc1ccc(Cl)o1. The molecule has 2 heterocycles. The van der Waals surface area contributed by atoms with E-state index in [2.05, 4.69) is 12.2 Å². The molecule has 1 atom stereocenters. The van der Waals surface area contributed by atoms with Gasteiger partial charge in [0.15, 0.2) is 5.22 Å². The summed E-state index contributed by atoms with van der Waals surface area (Å²) in [7, 11) is 0. The molecule has 2 aromatic rings. The molecule has 3 nitrogen and oxygen atoms in total. The van der Waals surface area contributed by atoms with E-state index in [1.807, 2.05) is 18.2 Å². The van der Waals surface area contributed by atoms with Crippen LogP contribution in [0.3, 0.4) is 0 Å². The van der Waals surface area contributed by atoms with Gasteiger partial charge in [0.1, 0.15) is 11.5 Å². The van der Waals surface area contributed by atoms with Crippen LogP contribution >= 0.6 is 11.6 Å². The van der Waals surface area contributed by atoms with E-state index >= 15 is 0 Å². The Hall–Kier alpha value is -1.19. The number of aryl methyl sites for hydroxylation is 1. The van der Waals surface area contributed by atoms with Crippen LogP contribution < -0.4 is 5.32 Å². The third-order valence-corrected chi connectivity index (χ3v) is 2.86. The smallest absolute Gasteiger partial charge is 0.193 e. The van der Waals surface area contributed by atoms with E-state index in [0.717, 1.165) is 24.4 Å². The van der Waals surface area contributed by atoms with Crippen molar-refractivity contribution in [2.75, 3.05) is 0 Å². The molecule has 0 saturated carbocycles. The summed E-state index contributed by atoms with van der Waals surface area (Å²) in [5.74, 6) is 1.89. The molecule has 4 heteroatoms. The molecule has 2 rings (SSSR count). The van der Waals surface area contributed by atoms with Crippen molar-refractivity contribution in [1.29, 1.82) is 0 Å². The Morgan fingerprint density at radius 2 is 2.18 bits per heavy atom. The normalized spacial score (nSPS) is 12.8. The number of rotatable bonds is 6. The van der Waals surface area contributed by atoms with E-state index in [1.54, 1.807) is 12.3 Å². The minimum absolute atomic E-state index is 0.406. The fraction of sp³-hybridized carbons (Fsp3) is 0.385. The highest BCUT2D eigenvalue weighted by Crippen LogP contribution is 2.13. The minimum atomic E-state index is 0.406. The first kappa shape index (κ1) is 12.3. The molecule has 92 valence electrons. The summed E-state index contributed by atoms with van der Waals surface area (Å²) in [6.07, 6.45) is 3.68. The molecule has 0 bridgehead atoms. The Labute approximate surface area is 106 Å². The van der Waals surface area contributed by atoms with Crippen LogP contribution in [0.15, 0.2) is 39.4 Å². The van der Waals surface area contributed by atoms with Crippen LogP contribution in [-0.2, 0) is 13.0 Å². The van der Waals surface area contributed by atoms with Crippen LogP contribution in [0.5, 0.6) is 0 Å². The largest absolute Gasteiger partial charge is 0.469 e. The van der Waals surface area contributed by atoms with E-state index in [9.17, 15) is 0 Å². The van der Waals surface area contributed by atoms with Crippen LogP contribution in [0.1, 0.15) is 24.9 Å². The van der Waals surface area contributed by atoms with Gasteiger partial charge >= 0.3 is 0 Å². The predicted octanol–water partition coefficient (Wildman–Crippen LogP) is 3.64. The van der Waals surface area contributed by atoms with Gasteiger partial charge in [-0.3, -0.25) is 0 Å². The zero-order chi connectivity index (χ0) is 12.1. The number of halogens is 1. The van der Waals surface area contributed by atoms with Gasteiger partial charge in [0.2, 0.25) is 0 Å². The van der Waals surface area contributed by atoms with Gasteiger partial charge in [-0.25, -0.2) is 0 Å². The van der Waals surface area contributed by atoms with Gasteiger partial charge in [0.25, 0.3) is 0 Å². The van der Waals surface area contributed by atoms with E-state index in [-0.39, 0.29) is 0 Å². The third kappa shape index (κ3) is 3.95. The van der Waals surface area contributed by atoms with E-state index < -0.39 is 0 Å². The van der Waals surface area contributed by atoms with Crippen molar-refractivity contribution in [2.45, 2.75) is 32.4 Å². The molecule has 0 radical (unpaired) electrons. The Kier molecular flexibility index (Phi) is 4.29. The zero-order valence-electron chi connectivity index (χ0n) is 9.78. The molecule has 0 aliphatic heterocycles. The van der Waals surface area contributed by atoms with Crippen molar-refractivity contribution in [3.05, 3.63) is 47.3 Å². The minimum Gasteiger partial charge on any atom is -0.469 e. The molecule has 2 aromatic heterocycles. The molecule has 0 aliphatic carbocycles. The van der Waals surface area contributed by atoms with Gasteiger partial charge in [-0.1, -0.05) is 0 Å². The molecule has 0 aliphatic rings. The monoisotopic (exact) mass is 253 g/mol. The van der Waals surface area contributed by atoms with Crippen molar-refractivity contribution in [2.24, 2.45) is 0 Å². The molecule has 1 N–H and O–H groups in total. The highest BCUT2D eigenvalue weighted by molar-refractivity contribution is 6.28. The summed E-state index contributed by atoms with van der Waals surface area (Å²) in [5.41, 5.74) is 0. The van der Waals surface area contributed by atoms with E-state index in [4.69, 9.17) is 20.4 Å². The second-order valence-electron chi connectivity index (χ2n) is 4.11. The third-order valence-electron chi connectivity index (χ3n) is 2.66. The van der Waals surface area contributed by atoms with Crippen LogP contribution in [0.4, 0.5) is 0 Å². The molecule has 17 heavy (non-hydrogen) atoms. The lowest BCUT2D eigenvalue weighted by Gasteiger charge is -2.11. The Morgan fingerprint density at radius 3 is 2.82 bits per heavy atom. The number of nitrogens with one attached hydrogen (secondary N) is 1. The molecule has 0 amide bonds. The summed E-state index contributed by atoms with van der Waals surface area (Å²) in [4.78, 5) is 0. The second kappa shape index (κ2) is 5.94. The van der Waals surface area contributed by atoms with Gasteiger partial charge in [-0.15, -0.1) is 0 Å². The van der Waals surface area contributed by atoms with Gasteiger partial charge in [-0.2, -0.15) is 0 Å². The van der Waals surface area contributed by atoms with Crippen molar-refractivity contribution < 1.29 is 8.83 Å². The van der Waals surface area contributed by atoms with Crippen molar-refractivity contribution in [3.8, 4) is 0 Å². The van der Waals surface area contributed by atoms with Crippen molar-refractivity contribution >= 4 is 11.6 Å². The Morgan fingerprint density at radius 1 is 1.29 bits per heavy atom. The summed E-state index contributed by atoms with van der Waals surface area (Å²) in [5, 5.41) is 3.82. The maximum absolute atomic E-state index is 5.70. The quantitative estimate of drug-likeness (QED) is 0.854. The first-order valence-corrected chi connectivity index (χ1v) is 6.12. The predicted molar refractivity (Wildman–Crippen MR) is 67.0 cm³/mol. The van der Waals surface area contributed by atoms with Crippen LogP contribution in [0.25, 0.3) is 0 Å². The van der Waals surface area contributed by atoms with Crippen LogP contribution in [-0.4, -0.2) is 6.04 Å². The lowest BCUT2D eigenvalue weighted by atomic mass is 10.1. The summed E-state index contributed by atoms with van der Waals surface area (Å²) < 4.78 is 10.6. The number of hydrogen-bond donors (Lipinski definition) is 1. The van der Waals surface area contributed by atoms with E-state index in [1.165, 1.54) is 0 Å². The van der Waals surface area contributed by atoms with Crippen molar-refractivity contribution in [3.63, 3.8) is 0 Å². The maximum atomic E-state index is 5.70. The van der Waals surface area contributed by atoms with Gasteiger partial charge in [-0.05, 0) is 49.2 Å². The molecule has 0 fully saturated rings. The molecule has 0 saturated heterocycles. The summed E-state index contributed by atoms with van der Waals surface area (Å²) >= 11 is 5.70. The van der Waals surface area contributed by atoms with Crippen LogP contribution in [0.2, 0.25) is 5.22 Å². The second-order valence-corrected chi connectivity index (χ2v) is 4.48. The highest BCUT2D eigenvalue weighted by Gasteiger charge is 2.05. The Balaban J connectivity index is 1.69. The highest BCUT2D eigenvalue weighted by atomic mass is 35.5. The first-order valence-electron chi connectivity index (χ1n) is 5.74. The molecule has 0 spiro atoms. The Bertz CT molecular complexity index is 436. The lowest BCUT2D eigenvalue weighted by molar-refractivity contribution is 0.429.